The first-order chi connectivity index (χ1) is 15.9. The Hall–Kier alpha value is -3.13. The van der Waals surface area contributed by atoms with Crippen LogP contribution in [0.5, 0.6) is 11.5 Å². The second kappa shape index (κ2) is 9.79. The Balaban J connectivity index is 1.29. The van der Waals surface area contributed by atoms with E-state index in [-0.39, 0.29) is 5.82 Å². The summed E-state index contributed by atoms with van der Waals surface area (Å²) in [6, 6.07) is 6.36. The van der Waals surface area contributed by atoms with Crippen molar-refractivity contribution in [1.82, 2.24) is 10.1 Å². The summed E-state index contributed by atoms with van der Waals surface area (Å²) in [6.45, 7) is 7.10. The van der Waals surface area contributed by atoms with Crippen LogP contribution in [0.1, 0.15) is 52.4 Å². The van der Waals surface area contributed by atoms with Gasteiger partial charge >= 0.3 is 0 Å². The van der Waals surface area contributed by atoms with E-state index in [1.165, 1.54) is 12.1 Å². The van der Waals surface area contributed by atoms with Gasteiger partial charge in [0.05, 0.1) is 19.4 Å². The van der Waals surface area contributed by atoms with Gasteiger partial charge in [-0.25, -0.2) is 4.39 Å². The number of piperidine rings is 1. The number of rotatable bonds is 8. The summed E-state index contributed by atoms with van der Waals surface area (Å²) in [4.78, 5) is 14.1. The predicted molar refractivity (Wildman–Crippen MR) is 123 cm³/mol. The molecule has 4 rings (SSSR count). The van der Waals surface area contributed by atoms with E-state index in [0.717, 1.165) is 55.5 Å². The summed E-state index contributed by atoms with van der Waals surface area (Å²) in [6.07, 6.45) is 2.84. The maximum Gasteiger partial charge on any atom is 0.249 e. The van der Waals surface area contributed by atoms with Gasteiger partial charge in [0.1, 0.15) is 5.82 Å². The quantitative estimate of drug-likeness (QED) is 0.508. The fourth-order valence-corrected chi connectivity index (χ4v) is 4.66. The van der Waals surface area contributed by atoms with E-state index in [1.807, 2.05) is 13.8 Å². The SMILES string of the molecule is COc1c(C)c(C(N)=O)cc(C)c1OCCCN1CCC(c2noc3cc(F)ccc23)CC1. The molecule has 1 amide bonds. The van der Waals surface area contributed by atoms with Crippen LogP contribution in [0.3, 0.4) is 0 Å². The van der Waals surface area contributed by atoms with Crippen molar-refractivity contribution in [3.63, 3.8) is 0 Å². The van der Waals surface area contributed by atoms with Crippen LogP contribution in [0.4, 0.5) is 4.39 Å². The van der Waals surface area contributed by atoms with Gasteiger partial charge in [0.2, 0.25) is 5.91 Å². The molecule has 2 aromatic carbocycles. The van der Waals surface area contributed by atoms with Crippen LogP contribution in [-0.2, 0) is 0 Å². The third kappa shape index (κ3) is 4.80. The third-order valence-corrected chi connectivity index (χ3v) is 6.44. The number of methoxy groups -OCH3 is 1. The van der Waals surface area contributed by atoms with Gasteiger partial charge < -0.3 is 24.6 Å². The highest BCUT2D eigenvalue weighted by Crippen LogP contribution is 2.37. The number of nitrogens with two attached hydrogens (primary N) is 1. The largest absolute Gasteiger partial charge is 0.493 e. The van der Waals surface area contributed by atoms with Crippen LogP contribution in [0.15, 0.2) is 28.8 Å². The number of carbonyl (C=O) groups is 1. The number of fused-ring (bicyclic) bond motifs is 1. The zero-order valence-electron chi connectivity index (χ0n) is 19.3. The van der Waals surface area contributed by atoms with Gasteiger partial charge in [0.15, 0.2) is 17.1 Å². The number of hydrogen-bond donors (Lipinski definition) is 1. The second-order valence-corrected chi connectivity index (χ2v) is 8.62. The molecule has 176 valence electrons. The first-order valence-corrected chi connectivity index (χ1v) is 11.3. The second-order valence-electron chi connectivity index (χ2n) is 8.62. The number of hydrogen-bond acceptors (Lipinski definition) is 6. The van der Waals surface area contributed by atoms with E-state index in [9.17, 15) is 9.18 Å². The molecule has 0 bridgehead atoms. The zero-order valence-corrected chi connectivity index (χ0v) is 19.3. The number of carbonyl (C=O) groups excluding carboxylic acids is 1. The molecule has 3 aromatic rings. The van der Waals surface area contributed by atoms with E-state index in [1.54, 1.807) is 19.2 Å². The van der Waals surface area contributed by atoms with Crippen molar-refractivity contribution in [3.8, 4) is 11.5 Å². The smallest absolute Gasteiger partial charge is 0.249 e. The molecule has 0 spiro atoms. The van der Waals surface area contributed by atoms with Crippen molar-refractivity contribution in [2.24, 2.45) is 5.73 Å². The van der Waals surface area contributed by atoms with Crippen molar-refractivity contribution >= 4 is 16.9 Å². The van der Waals surface area contributed by atoms with E-state index >= 15 is 0 Å². The lowest BCUT2D eigenvalue weighted by atomic mass is 9.91. The van der Waals surface area contributed by atoms with Crippen molar-refractivity contribution < 1.29 is 23.2 Å². The Labute approximate surface area is 192 Å². The summed E-state index contributed by atoms with van der Waals surface area (Å²) in [5.74, 6) is 0.754. The fourth-order valence-electron chi connectivity index (χ4n) is 4.66. The number of halogens is 1. The molecule has 1 aromatic heterocycles. The van der Waals surface area contributed by atoms with Crippen LogP contribution in [0.2, 0.25) is 0 Å². The number of aromatic nitrogens is 1. The maximum atomic E-state index is 13.4. The first-order valence-electron chi connectivity index (χ1n) is 11.3. The first kappa shape index (κ1) is 23.0. The van der Waals surface area contributed by atoms with Gasteiger partial charge in [-0.2, -0.15) is 0 Å². The minimum absolute atomic E-state index is 0.311. The number of likely N-dealkylation sites (tertiary alicyclic amines) is 1. The summed E-state index contributed by atoms with van der Waals surface area (Å²) in [5.41, 5.74) is 8.88. The molecule has 1 saturated heterocycles. The Kier molecular flexibility index (Phi) is 6.83. The molecule has 0 radical (unpaired) electrons. The maximum absolute atomic E-state index is 13.4. The van der Waals surface area contributed by atoms with Crippen LogP contribution in [0.25, 0.3) is 11.0 Å². The number of ether oxygens (including phenoxy) is 2. The van der Waals surface area contributed by atoms with Gasteiger partial charge in [-0.15, -0.1) is 0 Å². The highest BCUT2D eigenvalue weighted by Gasteiger charge is 2.25. The number of amides is 1. The third-order valence-electron chi connectivity index (χ3n) is 6.44. The van der Waals surface area contributed by atoms with Gasteiger partial charge in [0, 0.05) is 35.0 Å². The molecule has 1 aliphatic rings. The molecule has 2 N–H and O–H groups in total. The minimum Gasteiger partial charge on any atom is -0.493 e. The highest BCUT2D eigenvalue weighted by molar-refractivity contribution is 5.95. The molecule has 0 unspecified atom stereocenters. The van der Waals surface area contributed by atoms with Crippen LogP contribution >= 0.6 is 0 Å². The van der Waals surface area contributed by atoms with Gasteiger partial charge in [-0.1, -0.05) is 5.16 Å². The Morgan fingerprint density at radius 1 is 1.24 bits per heavy atom. The predicted octanol–water partition coefficient (Wildman–Crippen LogP) is 4.34. The number of aryl methyl sites for hydroxylation is 1. The molecule has 0 atom stereocenters. The summed E-state index contributed by atoms with van der Waals surface area (Å²) in [7, 11) is 1.57. The highest BCUT2D eigenvalue weighted by atomic mass is 19.1. The molecular weight excluding hydrogens is 425 g/mol. The molecule has 7 nitrogen and oxygen atoms in total. The molecule has 0 saturated carbocycles. The lowest BCUT2D eigenvalue weighted by molar-refractivity contribution is 0.0999. The standard InChI is InChI=1S/C25H30FN3O4/c1-15-13-20(25(27)30)16(2)24(31-3)23(15)32-12-4-9-29-10-7-17(8-11-29)22-19-6-5-18(26)14-21(19)33-28-22/h5-6,13-14,17H,4,7-12H2,1-3H3,(H2,27,30). The van der Waals surface area contributed by atoms with Crippen molar-refractivity contribution in [3.05, 3.63) is 52.5 Å². The topological polar surface area (TPSA) is 90.8 Å². The molecule has 1 fully saturated rings. The lowest BCUT2D eigenvalue weighted by Gasteiger charge is -2.31. The number of benzene rings is 2. The molecule has 2 heterocycles. The van der Waals surface area contributed by atoms with E-state index in [0.29, 0.717) is 40.7 Å². The van der Waals surface area contributed by atoms with Crippen LogP contribution in [0, 0.1) is 19.7 Å². The number of primary amides is 1. The van der Waals surface area contributed by atoms with Gasteiger partial charge in [0.25, 0.3) is 0 Å². The van der Waals surface area contributed by atoms with Crippen molar-refractivity contribution in [2.45, 2.75) is 39.0 Å². The van der Waals surface area contributed by atoms with Crippen LogP contribution in [-0.4, -0.2) is 49.3 Å². The van der Waals surface area contributed by atoms with Gasteiger partial charge in [-0.05, 0) is 70.0 Å². The van der Waals surface area contributed by atoms with Crippen LogP contribution < -0.4 is 15.2 Å². The molecule has 33 heavy (non-hydrogen) atoms. The van der Waals surface area contributed by atoms with E-state index in [2.05, 4.69) is 10.1 Å². The van der Waals surface area contributed by atoms with Crippen molar-refractivity contribution in [1.29, 1.82) is 0 Å². The van der Waals surface area contributed by atoms with Gasteiger partial charge in [-0.3, -0.25) is 4.79 Å². The van der Waals surface area contributed by atoms with E-state index < -0.39 is 5.91 Å². The van der Waals surface area contributed by atoms with Crippen molar-refractivity contribution in [2.75, 3.05) is 33.4 Å². The number of nitrogens with zero attached hydrogens (tertiary/aromatic N) is 2. The Morgan fingerprint density at radius 2 is 2.00 bits per heavy atom. The lowest BCUT2D eigenvalue weighted by Crippen LogP contribution is -2.34. The monoisotopic (exact) mass is 455 g/mol. The average molecular weight is 456 g/mol. The molecular formula is C25H30FN3O4. The average Bonchev–Trinajstić information content (AvgIpc) is 3.21. The summed E-state index contributed by atoms with van der Waals surface area (Å²) >= 11 is 0. The normalized spacial score (nSPS) is 15.2. The zero-order chi connectivity index (χ0) is 23.5. The van der Waals surface area contributed by atoms with E-state index in [4.69, 9.17) is 19.7 Å². The summed E-state index contributed by atoms with van der Waals surface area (Å²) in [5, 5.41) is 5.13. The summed E-state index contributed by atoms with van der Waals surface area (Å²) < 4.78 is 30.3. The fraction of sp³-hybridized carbons (Fsp3) is 0.440. The minimum atomic E-state index is -0.477. The molecule has 1 aliphatic heterocycles. The Morgan fingerprint density at radius 3 is 2.70 bits per heavy atom. The molecule has 0 aliphatic carbocycles. The Bertz CT molecular complexity index is 1150. The molecule has 8 heteroatoms.